The van der Waals surface area contributed by atoms with Crippen molar-refractivity contribution in [2.45, 2.75) is 38.5 Å². The molecule has 4 heteroatoms. The minimum atomic E-state index is -0.526. The first kappa shape index (κ1) is 48.7. The second-order valence-electron chi connectivity index (χ2n) is 22.3. The number of nitrogens with zero attached hydrogens (tertiary/aromatic N) is 2. The van der Waals surface area contributed by atoms with Crippen LogP contribution in [0.1, 0.15) is 49.9 Å². The fourth-order valence-electron chi connectivity index (χ4n) is 13.1. The lowest BCUT2D eigenvalue weighted by atomic mass is 9.75. The van der Waals surface area contributed by atoms with Crippen LogP contribution in [0, 0.1) is 11.6 Å². The minimum absolute atomic E-state index is 0.301. The largest absolute Gasteiger partial charge is 0.310 e. The second kappa shape index (κ2) is 19.1. The van der Waals surface area contributed by atoms with Gasteiger partial charge in [-0.2, -0.15) is 0 Å². The molecule has 0 fully saturated rings. The summed E-state index contributed by atoms with van der Waals surface area (Å²) in [5.74, 6) is -0.603. The van der Waals surface area contributed by atoms with Gasteiger partial charge in [0.25, 0.3) is 0 Å². The SMILES string of the molecule is CC1(C)c2cc(N(c3ccccc3)c3ccccc3)ccc2-c2c1cc1c(-c3ccc(F)cc3-c3ccccc3)c3c(cc1c2-c1ccc(F)cc1-c1ccccc1)C(C)(C)c1cc(N(c2ccccc2)c2ccccc2)ccc1-3. The van der Waals surface area contributed by atoms with Gasteiger partial charge in [0.15, 0.2) is 0 Å². The molecule has 384 valence electrons. The van der Waals surface area contributed by atoms with Crippen LogP contribution in [-0.2, 0) is 10.8 Å². The fourth-order valence-corrected chi connectivity index (χ4v) is 13.1. The van der Waals surface area contributed by atoms with E-state index in [1.807, 2.05) is 48.5 Å². The van der Waals surface area contributed by atoms with Crippen molar-refractivity contribution >= 4 is 44.9 Å². The third-order valence-corrected chi connectivity index (χ3v) is 16.9. The van der Waals surface area contributed by atoms with Crippen molar-refractivity contribution in [1.29, 1.82) is 0 Å². The van der Waals surface area contributed by atoms with E-state index in [-0.39, 0.29) is 11.6 Å². The molecule has 0 radical (unpaired) electrons. The van der Waals surface area contributed by atoms with E-state index in [0.717, 1.165) is 112 Å². The third kappa shape index (κ3) is 7.88. The Morgan fingerprint density at radius 1 is 0.250 bits per heavy atom. The van der Waals surface area contributed by atoms with Gasteiger partial charge in [0.1, 0.15) is 11.6 Å². The maximum atomic E-state index is 16.1. The van der Waals surface area contributed by atoms with E-state index in [2.05, 4.69) is 232 Å². The predicted molar refractivity (Wildman–Crippen MR) is 330 cm³/mol. The normalized spacial score (nSPS) is 13.3. The van der Waals surface area contributed by atoms with Crippen LogP contribution in [0.2, 0.25) is 0 Å². The van der Waals surface area contributed by atoms with Crippen molar-refractivity contribution in [3.63, 3.8) is 0 Å². The van der Waals surface area contributed by atoms with E-state index < -0.39 is 10.8 Å². The summed E-state index contributed by atoms with van der Waals surface area (Å²) in [5, 5.41) is 2.09. The molecule has 0 unspecified atom stereocenters. The molecule has 0 bridgehead atoms. The van der Waals surface area contributed by atoms with E-state index in [1.165, 1.54) is 22.3 Å². The van der Waals surface area contributed by atoms with Gasteiger partial charge in [-0.25, -0.2) is 8.78 Å². The summed E-state index contributed by atoms with van der Waals surface area (Å²) in [6.45, 7) is 9.39. The highest BCUT2D eigenvalue weighted by Crippen LogP contribution is 2.62. The molecule has 2 aliphatic carbocycles. The number of fused-ring (bicyclic) bond motifs is 7. The van der Waals surface area contributed by atoms with Crippen molar-refractivity contribution < 1.29 is 8.78 Å². The van der Waals surface area contributed by atoms with E-state index >= 15 is 8.78 Å². The average molecular weight is 1040 g/mol. The zero-order valence-electron chi connectivity index (χ0n) is 45.1. The number of anilines is 6. The molecule has 12 aromatic rings. The first-order valence-corrected chi connectivity index (χ1v) is 27.5. The highest BCUT2D eigenvalue weighted by atomic mass is 19.1. The van der Waals surface area contributed by atoms with Crippen LogP contribution < -0.4 is 9.80 Å². The number of rotatable bonds is 10. The number of benzene rings is 12. The molecule has 0 atom stereocenters. The van der Waals surface area contributed by atoms with E-state index in [0.29, 0.717) is 0 Å². The summed E-state index contributed by atoms with van der Waals surface area (Å²) in [6, 6.07) is 92.1. The predicted octanol–water partition coefficient (Wildman–Crippen LogP) is 21.3. The van der Waals surface area contributed by atoms with Gasteiger partial charge in [-0.05, 0) is 209 Å². The van der Waals surface area contributed by atoms with Gasteiger partial charge in [0.05, 0.1) is 0 Å². The van der Waals surface area contributed by atoms with Crippen LogP contribution >= 0.6 is 0 Å². The molecule has 0 amide bonds. The lowest BCUT2D eigenvalue weighted by molar-refractivity contribution is 0.628. The van der Waals surface area contributed by atoms with Crippen LogP contribution in [0.25, 0.3) is 77.5 Å². The molecule has 0 N–H and O–H groups in total. The summed E-state index contributed by atoms with van der Waals surface area (Å²) >= 11 is 0. The topological polar surface area (TPSA) is 6.48 Å². The van der Waals surface area contributed by atoms with Crippen molar-refractivity contribution in [3.05, 3.63) is 301 Å². The highest BCUT2D eigenvalue weighted by molar-refractivity contribution is 6.19. The molecular weight excluding hydrogens is 979 g/mol. The Balaban J connectivity index is 1.11. The first-order valence-electron chi connectivity index (χ1n) is 27.5. The Bertz CT molecular complexity index is 3980. The van der Waals surface area contributed by atoms with Gasteiger partial charge in [-0.1, -0.05) is 185 Å². The Morgan fingerprint density at radius 2 is 0.550 bits per heavy atom. The second-order valence-corrected chi connectivity index (χ2v) is 22.3. The Morgan fingerprint density at radius 3 is 0.875 bits per heavy atom. The highest BCUT2D eigenvalue weighted by Gasteiger charge is 2.43. The lowest BCUT2D eigenvalue weighted by Crippen LogP contribution is -2.17. The first-order chi connectivity index (χ1) is 39.0. The summed E-state index contributed by atoms with van der Waals surface area (Å²) in [7, 11) is 0. The monoisotopic (exact) mass is 1030 g/mol. The van der Waals surface area contributed by atoms with Gasteiger partial charge < -0.3 is 9.80 Å². The van der Waals surface area contributed by atoms with Gasteiger partial charge in [-0.15, -0.1) is 0 Å². The Kier molecular flexibility index (Phi) is 11.6. The van der Waals surface area contributed by atoms with Gasteiger partial charge >= 0.3 is 0 Å². The third-order valence-electron chi connectivity index (χ3n) is 16.9. The molecule has 0 saturated heterocycles. The van der Waals surface area contributed by atoms with Crippen LogP contribution in [-0.4, -0.2) is 0 Å². The quantitative estimate of drug-likeness (QED) is 0.135. The molecule has 2 nitrogen and oxygen atoms in total. The minimum Gasteiger partial charge on any atom is -0.310 e. The Hall–Kier alpha value is -9.64. The number of halogens is 2. The standard InChI is InChI=1S/C76H56F2N2/c1-75(2)67-45-57(79(53-27-15-7-16-28-53)54-29-17-8-18-30-54)37-41-61(67)73-69(75)47-65-66(71(73)59-39-35-51(77)43-63(59)49-23-11-5-12-24-49)48-70-74(72(65)60-40-36-52(78)44-64(60)50-25-13-6-14-26-50)62-42-38-58(46-68(62)76(70,3)4)80(55-31-19-9-20-32-55)56-33-21-10-22-34-56/h5-48H,1-4H3. The zero-order chi connectivity index (χ0) is 54.3. The zero-order valence-corrected chi connectivity index (χ0v) is 45.1. The molecule has 14 rings (SSSR count). The van der Waals surface area contributed by atoms with Crippen molar-refractivity contribution in [2.24, 2.45) is 0 Å². The molecule has 0 saturated carbocycles. The maximum absolute atomic E-state index is 16.1. The molecule has 0 aliphatic heterocycles. The van der Waals surface area contributed by atoms with Crippen molar-refractivity contribution in [2.75, 3.05) is 9.80 Å². The molecule has 12 aromatic carbocycles. The van der Waals surface area contributed by atoms with E-state index in [4.69, 9.17) is 0 Å². The summed E-state index contributed by atoms with van der Waals surface area (Å²) in [4.78, 5) is 4.66. The molecule has 0 aromatic heterocycles. The van der Waals surface area contributed by atoms with Gasteiger partial charge in [0.2, 0.25) is 0 Å². The van der Waals surface area contributed by atoms with Gasteiger partial charge in [-0.3, -0.25) is 0 Å². The van der Waals surface area contributed by atoms with Crippen molar-refractivity contribution in [1.82, 2.24) is 0 Å². The number of para-hydroxylation sites is 4. The van der Waals surface area contributed by atoms with Crippen LogP contribution in [0.4, 0.5) is 42.9 Å². The van der Waals surface area contributed by atoms with Crippen LogP contribution in [0.15, 0.2) is 267 Å². The summed E-state index contributed by atoms with van der Waals surface area (Å²) in [5.41, 5.74) is 22.0. The van der Waals surface area contributed by atoms with Gasteiger partial charge in [0, 0.05) is 45.0 Å². The van der Waals surface area contributed by atoms with E-state index in [9.17, 15) is 0 Å². The van der Waals surface area contributed by atoms with Crippen LogP contribution in [0.3, 0.4) is 0 Å². The van der Waals surface area contributed by atoms with E-state index in [1.54, 1.807) is 24.3 Å². The average Bonchev–Trinajstić information content (AvgIpc) is 3.94. The summed E-state index contributed by atoms with van der Waals surface area (Å²) in [6.07, 6.45) is 0. The number of hydrogen-bond acceptors (Lipinski definition) is 2. The molecule has 80 heavy (non-hydrogen) atoms. The maximum Gasteiger partial charge on any atom is 0.123 e. The molecule has 0 heterocycles. The Labute approximate surface area is 467 Å². The lowest BCUT2D eigenvalue weighted by Gasteiger charge is -2.29. The molecule has 0 spiro atoms. The summed E-state index contributed by atoms with van der Waals surface area (Å²) < 4.78 is 32.2. The smallest absolute Gasteiger partial charge is 0.123 e. The number of hydrogen-bond donors (Lipinski definition) is 0. The fraction of sp³-hybridized carbons (Fsp3) is 0.0789. The van der Waals surface area contributed by atoms with Crippen molar-refractivity contribution in [3.8, 4) is 66.8 Å². The molecule has 2 aliphatic rings. The van der Waals surface area contributed by atoms with Crippen LogP contribution in [0.5, 0.6) is 0 Å². The molecular formula is C76H56F2N2.